The summed E-state index contributed by atoms with van der Waals surface area (Å²) in [5.41, 5.74) is 0.799. The number of hydrogen-bond donors (Lipinski definition) is 0. The lowest BCUT2D eigenvalue weighted by Gasteiger charge is -2.13. The standard InChI is InChI=1S/C20H19N3O7/c1-28-17-10-14(16(23(26)27)11-18(17)29-2)20(25)30-12-19(24)22-9-8-15(21-22)13-6-4-3-5-7-13/h3-7,10-11H,8-9,12H2,1-2H3. The smallest absolute Gasteiger partial charge is 0.345 e. The van der Waals surface area contributed by atoms with Gasteiger partial charge in [-0.3, -0.25) is 14.9 Å². The van der Waals surface area contributed by atoms with Crippen molar-refractivity contribution in [3.63, 3.8) is 0 Å². The van der Waals surface area contributed by atoms with Crippen molar-refractivity contribution >= 4 is 23.3 Å². The number of nitro benzene ring substituents is 1. The normalized spacial score (nSPS) is 12.9. The van der Waals surface area contributed by atoms with Gasteiger partial charge in [0.2, 0.25) is 0 Å². The Hall–Kier alpha value is -3.95. The second kappa shape index (κ2) is 9.03. The number of nitrogens with zero attached hydrogens (tertiary/aromatic N) is 3. The topological polar surface area (TPSA) is 121 Å². The third kappa shape index (κ3) is 4.37. The summed E-state index contributed by atoms with van der Waals surface area (Å²) >= 11 is 0. The molecule has 1 aliphatic heterocycles. The molecule has 1 aliphatic rings. The number of hydrazone groups is 1. The molecule has 0 fully saturated rings. The summed E-state index contributed by atoms with van der Waals surface area (Å²) < 4.78 is 15.1. The Morgan fingerprint density at radius 2 is 1.80 bits per heavy atom. The van der Waals surface area contributed by atoms with Crippen LogP contribution in [0.1, 0.15) is 22.3 Å². The lowest BCUT2D eigenvalue weighted by atomic mass is 10.1. The van der Waals surface area contributed by atoms with Crippen molar-refractivity contribution < 1.29 is 28.7 Å². The first-order valence-electron chi connectivity index (χ1n) is 8.95. The highest BCUT2D eigenvalue weighted by Gasteiger charge is 2.28. The quantitative estimate of drug-likeness (QED) is 0.388. The Labute approximate surface area is 171 Å². The van der Waals surface area contributed by atoms with Crippen molar-refractivity contribution in [2.45, 2.75) is 6.42 Å². The molecule has 0 saturated carbocycles. The molecule has 0 aliphatic carbocycles. The minimum absolute atomic E-state index is 0.0941. The number of methoxy groups -OCH3 is 2. The van der Waals surface area contributed by atoms with Gasteiger partial charge in [0.05, 0.1) is 37.5 Å². The van der Waals surface area contributed by atoms with E-state index in [-0.39, 0.29) is 17.1 Å². The fourth-order valence-corrected chi connectivity index (χ4v) is 2.93. The molecular weight excluding hydrogens is 394 g/mol. The predicted octanol–water partition coefficient (Wildman–Crippen LogP) is 2.41. The van der Waals surface area contributed by atoms with E-state index in [4.69, 9.17) is 14.2 Å². The van der Waals surface area contributed by atoms with Crippen LogP contribution in [0.2, 0.25) is 0 Å². The Balaban J connectivity index is 1.70. The zero-order chi connectivity index (χ0) is 21.7. The molecule has 30 heavy (non-hydrogen) atoms. The van der Waals surface area contributed by atoms with Crippen LogP contribution < -0.4 is 9.47 Å². The number of benzene rings is 2. The molecule has 1 amide bonds. The first kappa shape index (κ1) is 20.8. The SMILES string of the molecule is COc1cc(C(=O)OCC(=O)N2CCC(c3ccccc3)=N2)c([N+](=O)[O-])cc1OC. The van der Waals surface area contributed by atoms with Gasteiger partial charge in [-0.15, -0.1) is 0 Å². The van der Waals surface area contributed by atoms with E-state index in [1.54, 1.807) is 0 Å². The summed E-state index contributed by atoms with van der Waals surface area (Å²) in [6, 6.07) is 11.6. The van der Waals surface area contributed by atoms with Gasteiger partial charge in [-0.1, -0.05) is 30.3 Å². The van der Waals surface area contributed by atoms with Crippen LogP contribution in [0.25, 0.3) is 0 Å². The van der Waals surface area contributed by atoms with Gasteiger partial charge in [0, 0.05) is 12.5 Å². The van der Waals surface area contributed by atoms with E-state index >= 15 is 0 Å². The lowest BCUT2D eigenvalue weighted by molar-refractivity contribution is -0.385. The number of nitro groups is 1. The van der Waals surface area contributed by atoms with Crippen LogP contribution in [0.3, 0.4) is 0 Å². The van der Waals surface area contributed by atoms with Crippen molar-refractivity contribution in [1.29, 1.82) is 0 Å². The highest BCUT2D eigenvalue weighted by molar-refractivity contribution is 6.03. The number of hydrogen-bond acceptors (Lipinski definition) is 8. The molecule has 1 heterocycles. The Morgan fingerprint density at radius 1 is 1.13 bits per heavy atom. The zero-order valence-electron chi connectivity index (χ0n) is 16.4. The molecule has 10 nitrogen and oxygen atoms in total. The third-order valence-electron chi connectivity index (χ3n) is 4.44. The molecule has 0 N–H and O–H groups in total. The van der Waals surface area contributed by atoms with E-state index in [1.807, 2.05) is 30.3 Å². The fourth-order valence-electron chi connectivity index (χ4n) is 2.93. The Morgan fingerprint density at radius 3 is 2.43 bits per heavy atom. The molecule has 0 bridgehead atoms. The molecule has 156 valence electrons. The van der Waals surface area contributed by atoms with Gasteiger partial charge in [-0.05, 0) is 5.56 Å². The van der Waals surface area contributed by atoms with Gasteiger partial charge in [0.15, 0.2) is 18.1 Å². The summed E-state index contributed by atoms with van der Waals surface area (Å²) in [4.78, 5) is 35.4. The van der Waals surface area contributed by atoms with Crippen LogP contribution in [-0.4, -0.2) is 54.9 Å². The second-order valence-electron chi connectivity index (χ2n) is 6.24. The molecule has 0 atom stereocenters. The highest BCUT2D eigenvalue weighted by Crippen LogP contribution is 2.34. The lowest BCUT2D eigenvalue weighted by Crippen LogP contribution is -2.29. The molecule has 0 saturated heterocycles. The van der Waals surface area contributed by atoms with Crippen molar-refractivity contribution in [2.75, 3.05) is 27.4 Å². The van der Waals surface area contributed by atoms with Crippen LogP contribution in [-0.2, 0) is 9.53 Å². The van der Waals surface area contributed by atoms with Crippen molar-refractivity contribution in [1.82, 2.24) is 5.01 Å². The molecule has 0 unspecified atom stereocenters. The number of carbonyl (C=O) groups excluding carboxylic acids is 2. The number of amides is 1. The molecule has 10 heteroatoms. The highest BCUT2D eigenvalue weighted by atomic mass is 16.6. The van der Waals surface area contributed by atoms with Crippen LogP contribution in [0, 0.1) is 10.1 Å². The average Bonchev–Trinajstić information content (AvgIpc) is 3.27. The second-order valence-corrected chi connectivity index (χ2v) is 6.24. The molecule has 0 spiro atoms. The van der Waals surface area contributed by atoms with E-state index in [0.29, 0.717) is 13.0 Å². The maximum absolute atomic E-state index is 12.4. The van der Waals surface area contributed by atoms with Crippen LogP contribution in [0.15, 0.2) is 47.6 Å². The van der Waals surface area contributed by atoms with Crippen LogP contribution >= 0.6 is 0 Å². The molecule has 2 aromatic carbocycles. The van der Waals surface area contributed by atoms with Gasteiger partial charge in [-0.25, -0.2) is 9.80 Å². The summed E-state index contributed by atoms with van der Waals surface area (Å²) in [5, 5.41) is 16.8. The van der Waals surface area contributed by atoms with Crippen molar-refractivity contribution in [3.8, 4) is 11.5 Å². The number of ether oxygens (including phenoxy) is 3. The fraction of sp³-hybridized carbons (Fsp3) is 0.250. The maximum Gasteiger partial charge on any atom is 0.345 e. The van der Waals surface area contributed by atoms with Gasteiger partial charge in [0.1, 0.15) is 5.56 Å². The average molecular weight is 413 g/mol. The zero-order valence-corrected chi connectivity index (χ0v) is 16.4. The monoisotopic (exact) mass is 413 g/mol. The van der Waals surface area contributed by atoms with E-state index in [0.717, 1.165) is 23.4 Å². The number of carbonyl (C=O) groups is 2. The molecule has 2 aromatic rings. The predicted molar refractivity (Wildman–Crippen MR) is 106 cm³/mol. The van der Waals surface area contributed by atoms with Crippen LogP contribution in [0.4, 0.5) is 5.69 Å². The van der Waals surface area contributed by atoms with Gasteiger partial charge in [0.25, 0.3) is 11.6 Å². The summed E-state index contributed by atoms with van der Waals surface area (Å²) in [7, 11) is 2.65. The molecule has 0 aromatic heterocycles. The minimum atomic E-state index is -1.03. The van der Waals surface area contributed by atoms with Gasteiger partial charge < -0.3 is 14.2 Å². The first-order valence-corrected chi connectivity index (χ1v) is 8.95. The van der Waals surface area contributed by atoms with Crippen molar-refractivity contribution in [3.05, 3.63) is 63.7 Å². The largest absolute Gasteiger partial charge is 0.493 e. The molecule has 0 radical (unpaired) electrons. The third-order valence-corrected chi connectivity index (χ3v) is 4.44. The summed E-state index contributed by atoms with van der Waals surface area (Å²) in [6.07, 6.45) is 0.574. The Kier molecular flexibility index (Phi) is 6.26. The van der Waals surface area contributed by atoms with E-state index in [1.165, 1.54) is 19.2 Å². The van der Waals surface area contributed by atoms with Crippen LogP contribution in [0.5, 0.6) is 11.5 Å². The van der Waals surface area contributed by atoms with E-state index < -0.39 is 29.1 Å². The summed E-state index contributed by atoms with van der Waals surface area (Å²) in [5.74, 6) is -1.34. The maximum atomic E-state index is 12.4. The Bertz CT molecular complexity index is 1000. The number of esters is 1. The summed E-state index contributed by atoms with van der Waals surface area (Å²) in [6.45, 7) is -0.243. The van der Waals surface area contributed by atoms with Crippen molar-refractivity contribution in [2.24, 2.45) is 5.10 Å². The van der Waals surface area contributed by atoms with E-state index in [2.05, 4.69) is 5.10 Å². The first-order chi connectivity index (χ1) is 14.4. The van der Waals surface area contributed by atoms with Gasteiger partial charge >= 0.3 is 5.97 Å². The van der Waals surface area contributed by atoms with Gasteiger partial charge in [-0.2, -0.15) is 5.10 Å². The number of rotatable bonds is 7. The molecular formula is C20H19N3O7. The van der Waals surface area contributed by atoms with E-state index in [9.17, 15) is 19.7 Å². The minimum Gasteiger partial charge on any atom is -0.493 e. The molecule has 3 rings (SSSR count).